The van der Waals surface area contributed by atoms with Gasteiger partial charge in [0.2, 0.25) is 0 Å². The van der Waals surface area contributed by atoms with Crippen molar-refractivity contribution in [2.75, 3.05) is 26.2 Å². The van der Waals surface area contributed by atoms with E-state index in [1.54, 1.807) is 0 Å². The van der Waals surface area contributed by atoms with Crippen molar-refractivity contribution in [3.05, 3.63) is 18.0 Å². The van der Waals surface area contributed by atoms with Gasteiger partial charge in [0.05, 0.1) is 18.4 Å². The number of hydrogen-bond donors (Lipinski definition) is 1. The van der Waals surface area contributed by atoms with E-state index in [0.29, 0.717) is 6.61 Å². The third-order valence-electron chi connectivity index (χ3n) is 5.39. The van der Waals surface area contributed by atoms with Crippen molar-refractivity contribution in [2.24, 2.45) is 13.0 Å². The zero-order valence-corrected chi connectivity index (χ0v) is 14.1. The molecule has 3 rings (SSSR count). The summed E-state index contributed by atoms with van der Waals surface area (Å²) in [5.41, 5.74) is 0.272. The van der Waals surface area contributed by atoms with Gasteiger partial charge < -0.3 is 9.84 Å². The van der Waals surface area contributed by atoms with Crippen LogP contribution in [-0.4, -0.2) is 51.6 Å². The molecule has 1 aliphatic heterocycles. The van der Waals surface area contributed by atoms with E-state index in [2.05, 4.69) is 23.8 Å². The maximum Gasteiger partial charge on any atom is 0.106 e. The summed E-state index contributed by atoms with van der Waals surface area (Å²) in [6, 6.07) is 0. The fourth-order valence-corrected chi connectivity index (χ4v) is 3.83. The molecule has 5 heteroatoms. The van der Waals surface area contributed by atoms with Crippen LogP contribution >= 0.6 is 0 Å². The summed E-state index contributed by atoms with van der Waals surface area (Å²) in [5.74, 6) is 0.755. The number of aryl methyl sites for hydroxylation is 1. The Morgan fingerprint density at radius 2 is 2.14 bits per heavy atom. The lowest BCUT2D eigenvalue weighted by molar-refractivity contribution is -0.125. The monoisotopic (exact) mass is 307 g/mol. The number of ether oxygens (including phenoxy) is 1. The average molecular weight is 307 g/mol. The van der Waals surface area contributed by atoms with E-state index in [1.807, 2.05) is 24.1 Å². The van der Waals surface area contributed by atoms with Crippen molar-refractivity contribution in [3.63, 3.8) is 0 Å². The molecule has 0 aromatic carbocycles. The second-order valence-corrected chi connectivity index (χ2v) is 7.60. The van der Waals surface area contributed by atoms with Gasteiger partial charge >= 0.3 is 0 Å². The predicted octanol–water partition coefficient (Wildman–Crippen LogP) is 1.91. The van der Waals surface area contributed by atoms with Crippen LogP contribution in [-0.2, 0) is 17.4 Å². The van der Waals surface area contributed by atoms with Crippen LogP contribution in [0.5, 0.6) is 0 Å². The van der Waals surface area contributed by atoms with Crippen LogP contribution in [0.2, 0.25) is 0 Å². The summed E-state index contributed by atoms with van der Waals surface area (Å²) in [6.07, 6.45) is 8.05. The van der Waals surface area contributed by atoms with Crippen molar-refractivity contribution in [1.29, 1.82) is 0 Å². The van der Waals surface area contributed by atoms with Crippen molar-refractivity contribution in [1.82, 2.24) is 14.7 Å². The van der Waals surface area contributed by atoms with E-state index in [0.717, 1.165) is 56.8 Å². The van der Waals surface area contributed by atoms with Gasteiger partial charge in [-0.2, -0.15) is 5.10 Å². The largest absolute Gasteiger partial charge is 0.389 e. The zero-order chi connectivity index (χ0) is 15.8. The average Bonchev–Trinajstić information content (AvgIpc) is 2.90. The molecule has 1 aliphatic carbocycles. The number of rotatable bonds is 3. The van der Waals surface area contributed by atoms with Crippen molar-refractivity contribution in [2.45, 2.75) is 50.7 Å². The van der Waals surface area contributed by atoms with Crippen LogP contribution in [0.3, 0.4) is 0 Å². The second-order valence-electron chi connectivity index (χ2n) is 7.60. The van der Waals surface area contributed by atoms with Gasteiger partial charge in [-0.1, -0.05) is 6.92 Å². The molecular formula is C17H29N3O2. The van der Waals surface area contributed by atoms with E-state index in [-0.39, 0.29) is 5.60 Å². The van der Waals surface area contributed by atoms with Crippen molar-refractivity contribution in [3.8, 4) is 0 Å². The highest BCUT2D eigenvalue weighted by atomic mass is 16.5. The van der Waals surface area contributed by atoms with Gasteiger partial charge in [-0.05, 0) is 38.5 Å². The standard InChI is InChI=1S/C17H29N3O2/c1-14-4-6-17(21,7-5-14)13-20-8-9-22-16(2,12-20)15-10-18-19(3)11-15/h10-11,14,21H,4-9,12-13H2,1-3H3. The molecule has 2 heterocycles. The van der Waals surface area contributed by atoms with E-state index in [9.17, 15) is 5.11 Å². The Balaban J connectivity index is 1.65. The first kappa shape index (κ1) is 16.0. The van der Waals surface area contributed by atoms with E-state index in [1.165, 1.54) is 0 Å². The number of hydrogen-bond acceptors (Lipinski definition) is 4. The Kier molecular flexibility index (Phi) is 4.32. The van der Waals surface area contributed by atoms with Crippen LogP contribution in [0, 0.1) is 5.92 Å². The molecule has 0 amide bonds. The summed E-state index contributed by atoms with van der Waals surface area (Å²) >= 11 is 0. The first-order valence-corrected chi connectivity index (χ1v) is 8.46. The number of nitrogens with zero attached hydrogens (tertiary/aromatic N) is 3. The Labute approximate surface area is 133 Å². The van der Waals surface area contributed by atoms with Gasteiger partial charge in [0.1, 0.15) is 5.60 Å². The van der Waals surface area contributed by atoms with Crippen molar-refractivity contribution >= 4 is 0 Å². The predicted molar refractivity (Wildman–Crippen MR) is 85.5 cm³/mol. The Hall–Kier alpha value is -0.910. The molecule has 22 heavy (non-hydrogen) atoms. The Morgan fingerprint density at radius 1 is 1.41 bits per heavy atom. The molecule has 124 valence electrons. The minimum atomic E-state index is -0.514. The molecule has 1 aromatic rings. The molecule has 1 aromatic heterocycles. The lowest BCUT2D eigenvalue weighted by Crippen LogP contribution is -2.54. The fourth-order valence-electron chi connectivity index (χ4n) is 3.83. The van der Waals surface area contributed by atoms with E-state index < -0.39 is 5.60 Å². The number of aromatic nitrogens is 2. The highest BCUT2D eigenvalue weighted by molar-refractivity contribution is 5.16. The quantitative estimate of drug-likeness (QED) is 0.927. The first-order chi connectivity index (χ1) is 10.4. The molecule has 1 unspecified atom stereocenters. The Morgan fingerprint density at radius 3 is 2.77 bits per heavy atom. The van der Waals surface area contributed by atoms with Crippen LogP contribution < -0.4 is 0 Å². The van der Waals surface area contributed by atoms with Crippen LogP contribution in [0.4, 0.5) is 0 Å². The van der Waals surface area contributed by atoms with Gasteiger partial charge in [0, 0.05) is 38.4 Å². The molecule has 5 nitrogen and oxygen atoms in total. The topological polar surface area (TPSA) is 50.5 Å². The molecule has 0 radical (unpaired) electrons. The second kappa shape index (κ2) is 5.95. The zero-order valence-electron chi connectivity index (χ0n) is 14.1. The van der Waals surface area contributed by atoms with Gasteiger partial charge in [-0.3, -0.25) is 9.58 Å². The van der Waals surface area contributed by atoms with E-state index >= 15 is 0 Å². The fraction of sp³-hybridized carbons (Fsp3) is 0.824. The maximum atomic E-state index is 10.9. The van der Waals surface area contributed by atoms with Gasteiger partial charge in [-0.15, -0.1) is 0 Å². The summed E-state index contributed by atoms with van der Waals surface area (Å²) < 4.78 is 7.88. The smallest absolute Gasteiger partial charge is 0.106 e. The molecule has 1 N–H and O–H groups in total. The molecule has 2 aliphatic rings. The van der Waals surface area contributed by atoms with Crippen LogP contribution in [0.15, 0.2) is 12.4 Å². The van der Waals surface area contributed by atoms with Gasteiger partial charge in [0.15, 0.2) is 0 Å². The lowest BCUT2D eigenvalue weighted by atomic mass is 9.79. The summed E-state index contributed by atoms with van der Waals surface area (Å²) in [7, 11) is 1.93. The van der Waals surface area contributed by atoms with Gasteiger partial charge in [0.25, 0.3) is 0 Å². The van der Waals surface area contributed by atoms with E-state index in [4.69, 9.17) is 4.74 Å². The van der Waals surface area contributed by atoms with Crippen LogP contribution in [0.1, 0.15) is 45.1 Å². The van der Waals surface area contributed by atoms with Crippen molar-refractivity contribution < 1.29 is 9.84 Å². The minimum Gasteiger partial charge on any atom is -0.389 e. The molecule has 1 saturated heterocycles. The molecule has 0 bridgehead atoms. The normalized spacial score (nSPS) is 37.4. The lowest BCUT2D eigenvalue weighted by Gasteiger charge is -2.44. The highest BCUT2D eigenvalue weighted by Crippen LogP contribution is 2.35. The summed E-state index contributed by atoms with van der Waals surface area (Å²) in [4.78, 5) is 2.37. The molecule has 1 saturated carbocycles. The molecule has 2 fully saturated rings. The molecule has 0 spiro atoms. The number of aliphatic hydroxyl groups is 1. The summed E-state index contributed by atoms with van der Waals surface area (Å²) in [5, 5.41) is 15.2. The minimum absolute atomic E-state index is 0.329. The molecule has 1 atom stereocenters. The first-order valence-electron chi connectivity index (χ1n) is 8.46. The van der Waals surface area contributed by atoms with Crippen LogP contribution in [0.25, 0.3) is 0 Å². The highest BCUT2D eigenvalue weighted by Gasteiger charge is 2.39. The third-order valence-corrected chi connectivity index (χ3v) is 5.39. The number of β-amino-alcohol motifs (C(OH)–C–C–N with tert-alkyl or cyclic N) is 1. The molecular weight excluding hydrogens is 278 g/mol. The van der Waals surface area contributed by atoms with Gasteiger partial charge in [-0.25, -0.2) is 0 Å². The third kappa shape index (κ3) is 3.36. The Bertz CT molecular complexity index is 508. The summed E-state index contributed by atoms with van der Waals surface area (Å²) in [6.45, 7) is 7.60. The number of morpholine rings is 1. The SMILES string of the molecule is CC1CCC(O)(CN2CCOC(C)(c3cnn(C)c3)C2)CC1. The maximum absolute atomic E-state index is 10.9.